The summed E-state index contributed by atoms with van der Waals surface area (Å²) < 4.78 is 19.0. The van der Waals surface area contributed by atoms with Crippen LogP contribution in [0.25, 0.3) is 4.85 Å². The van der Waals surface area contributed by atoms with Crippen molar-refractivity contribution in [1.82, 2.24) is 0 Å². The van der Waals surface area contributed by atoms with Crippen LogP contribution < -0.4 is 4.90 Å². The van der Waals surface area contributed by atoms with Crippen molar-refractivity contribution in [2.45, 2.75) is 32.4 Å². The van der Waals surface area contributed by atoms with Gasteiger partial charge in [-0.2, -0.15) is 5.26 Å². The van der Waals surface area contributed by atoms with Crippen LogP contribution in [-0.4, -0.2) is 23.7 Å². The summed E-state index contributed by atoms with van der Waals surface area (Å²) in [6.07, 6.45) is -0.932. The topological polar surface area (TPSA) is 101 Å². The first-order valence-electron chi connectivity index (χ1n) is 6.72. The van der Waals surface area contributed by atoms with E-state index in [9.17, 15) is 19.3 Å². The van der Waals surface area contributed by atoms with Gasteiger partial charge in [0.1, 0.15) is 22.7 Å². The van der Waals surface area contributed by atoms with Crippen molar-refractivity contribution in [3.05, 3.63) is 45.0 Å². The van der Waals surface area contributed by atoms with Crippen LogP contribution in [0.2, 0.25) is 0 Å². The van der Waals surface area contributed by atoms with E-state index in [-0.39, 0.29) is 0 Å². The van der Waals surface area contributed by atoms with E-state index in [0.717, 1.165) is 17.0 Å². The van der Waals surface area contributed by atoms with E-state index in [1.807, 2.05) is 0 Å². The van der Waals surface area contributed by atoms with Gasteiger partial charge in [-0.15, -0.1) is 0 Å². The predicted molar refractivity (Wildman–Crippen MR) is 82.6 cm³/mol. The summed E-state index contributed by atoms with van der Waals surface area (Å²) in [4.78, 5) is 26.4. The second kappa shape index (κ2) is 6.92. The van der Waals surface area contributed by atoms with Crippen LogP contribution in [0.5, 0.6) is 0 Å². The van der Waals surface area contributed by atoms with Gasteiger partial charge in [-0.25, -0.2) is 15.8 Å². The Morgan fingerprint density at radius 2 is 2.12 bits per heavy atom. The van der Waals surface area contributed by atoms with Crippen LogP contribution >= 0.6 is 0 Å². The Morgan fingerprint density at radius 3 is 2.54 bits per heavy atom. The highest BCUT2D eigenvalue weighted by atomic mass is 19.1. The summed E-state index contributed by atoms with van der Waals surface area (Å²) in [7, 11) is 1.18. The molecule has 0 aliphatic heterocycles. The zero-order valence-electron chi connectivity index (χ0n) is 13.5. The first-order valence-corrected chi connectivity index (χ1v) is 6.72. The number of anilines is 1. The maximum atomic E-state index is 13.9. The number of amides is 1. The van der Waals surface area contributed by atoms with E-state index in [1.165, 1.54) is 7.05 Å². The van der Waals surface area contributed by atoms with Crippen LogP contribution in [0.15, 0.2) is 12.1 Å². The molecule has 0 N–H and O–H groups in total. The lowest BCUT2D eigenvalue weighted by molar-refractivity contribution is -0.384. The number of hydrogen-bond acceptors (Lipinski definition) is 5. The van der Waals surface area contributed by atoms with Crippen molar-refractivity contribution >= 4 is 17.5 Å². The lowest BCUT2D eigenvalue weighted by atomic mass is 10.0. The van der Waals surface area contributed by atoms with Gasteiger partial charge in [-0.1, -0.05) is 0 Å². The Bertz CT molecular complexity index is 744. The van der Waals surface area contributed by atoms with E-state index < -0.39 is 45.4 Å². The lowest BCUT2D eigenvalue weighted by Gasteiger charge is -2.24. The molecule has 1 aromatic rings. The van der Waals surface area contributed by atoms with Crippen molar-refractivity contribution in [3.63, 3.8) is 0 Å². The molecule has 0 saturated carbocycles. The quantitative estimate of drug-likeness (QED) is 0.477. The lowest BCUT2D eigenvalue weighted by Crippen LogP contribution is -2.34. The summed E-state index contributed by atoms with van der Waals surface area (Å²) in [5, 5.41) is 20.3. The number of nitro benzene ring substituents is 1. The number of rotatable bonds is 3. The van der Waals surface area contributed by atoms with Crippen molar-refractivity contribution < 1.29 is 18.8 Å². The molecule has 9 heteroatoms. The minimum absolute atomic E-state index is 0.395. The van der Waals surface area contributed by atoms with Crippen LogP contribution in [0.4, 0.5) is 20.6 Å². The van der Waals surface area contributed by atoms with Crippen molar-refractivity contribution in [1.29, 1.82) is 5.26 Å². The monoisotopic (exact) mass is 334 g/mol. The van der Waals surface area contributed by atoms with Gasteiger partial charge < -0.3 is 4.74 Å². The van der Waals surface area contributed by atoms with Crippen molar-refractivity contribution in [2.24, 2.45) is 0 Å². The van der Waals surface area contributed by atoms with Gasteiger partial charge in [-0.05, 0) is 26.8 Å². The fourth-order valence-electron chi connectivity index (χ4n) is 1.87. The number of benzene rings is 1. The molecule has 0 spiro atoms. The predicted octanol–water partition coefficient (Wildman–Crippen LogP) is 3.59. The molecule has 1 amide bonds. The Morgan fingerprint density at radius 1 is 1.54 bits per heavy atom. The van der Waals surface area contributed by atoms with E-state index in [4.69, 9.17) is 16.6 Å². The first kappa shape index (κ1) is 18.8. The zero-order valence-corrected chi connectivity index (χ0v) is 13.5. The first-order chi connectivity index (χ1) is 11.0. The Balaban J connectivity index is 3.54. The summed E-state index contributed by atoms with van der Waals surface area (Å²) in [6, 6.07) is 1.53. The molecular formula is C15H15FN4O4. The Hall–Kier alpha value is -3.20. The maximum Gasteiger partial charge on any atom is 0.414 e. The third-order valence-corrected chi connectivity index (χ3v) is 2.84. The average Bonchev–Trinajstić information content (AvgIpc) is 2.44. The van der Waals surface area contributed by atoms with E-state index >= 15 is 0 Å². The molecule has 126 valence electrons. The molecule has 0 aromatic heterocycles. The molecule has 0 radical (unpaired) electrons. The van der Waals surface area contributed by atoms with E-state index in [0.29, 0.717) is 0 Å². The molecule has 0 bridgehead atoms. The van der Waals surface area contributed by atoms with Gasteiger partial charge in [0, 0.05) is 13.1 Å². The third-order valence-electron chi connectivity index (χ3n) is 2.84. The Kier molecular flexibility index (Phi) is 5.43. The maximum absolute atomic E-state index is 13.9. The molecule has 0 saturated heterocycles. The number of carbonyl (C=O) groups excluding carboxylic acids is 1. The molecular weight excluding hydrogens is 319 g/mol. The fourth-order valence-corrected chi connectivity index (χ4v) is 1.87. The van der Waals surface area contributed by atoms with Crippen LogP contribution in [0.1, 0.15) is 32.4 Å². The van der Waals surface area contributed by atoms with E-state index in [1.54, 1.807) is 26.8 Å². The van der Waals surface area contributed by atoms with Crippen LogP contribution in [-0.2, 0) is 4.74 Å². The molecule has 0 aliphatic carbocycles. The molecule has 0 aliphatic rings. The molecule has 1 atom stereocenters. The molecule has 0 fully saturated rings. The normalized spacial score (nSPS) is 11.8. The zero-order chi connectivity index (χ0) is 18.7. The molecule has 0 heterocycles. The minimum Gasteiger partial charge on any atom is -0.443 e. The number of carbonyl (C=O) groups is 1. The van der Waals surface area contributed by atoms with Crippen LogP contribution in [0, 0.1) is 33.8 Å². The highest BCUT2D eigenvalue weighted by molar-refractivity contribution is 5.91. The second-order valence-corrected chi connectivity index (χ2v) is 5.82. The molecule has 1 unspecified atom stereocenters. The fraction of sp³-hybridized carbons (Fsp3) is 0.400. The summed E-state index contributed by atoms with van der Waals surface area (Å²) in [5.74, 6) is -0.912. The number of halogens is 1. The van der Waals surface area contributed by atoms with Crippen molar-refractivity contribution in [3.8, 4) is 6.07 Å². The number of nitro groups is 1. The number of hydrogen-bond donors (Lipinski definition) is 0. The van der Waals surface area contributed by atoms with Gasteiger partial charge in [0.15, 0.2) is 6.07 Å². The summed E-state index contributed by atoms with van der Waals surface area (Å²) in [5.41, 5.74) is -2.36. The smallest absolute Gasteiger partial charge is 0.414 e. The average molecular weight is 334 g/mol. The second-order valence-electron chi connectivity index (χ2n) is 5.82. The molecule has 1 rings (SSSR count). The van der Waals surface area contributed by atoms with E-state index in [2.05, 4.69) is 4.85 Å². The standard InChI is InChI=1S/C15H15FN4O4/c1-15(2,3)24-14(21)19(5)12-7-9(16)6-10(11(8-17)18-4)13(12)20(22)23/h6-7,11H,1-3,5H3. The Labute approximate surface area is 138 Å². The van der Waals surface area contributed by atoms with Gasteiger partial charge in [0.25, 0.3) is 0 Å². The number of nitrogens with zero attached hydrogens (tertiary/aromatic N) is 4. The van der Waals surface area contributed by atoms with Crippen molar-refractivity contribution in [2.75, 3.05) is 11.9 Å². The molecule has 1 aromatic carbocycles. The van der Waals surface area contributed by atoms with Gasteiger partial charge in [0.2, 0.25) is 0 Å². The SMILES string of the molecule is [C-]#[N+]C(C#N)c1cc(F)cc(N(C)C(=O)OC(C)(C)C)c1[N+](=O)[O-]. The van der Waals surface area contributed by atoms with Crippen LogP contribution in [0.3, 0.4) is 0 Å². The van der Waals surface area contributed by atoms with Gasteiger partial charge in [-0.3, -0.25) is 19.9 Å². The highest BCUT2D eigenvalue weighted by Crippen LogP contribution is 2.37. The molecule has 24 heavy (non-hydrogen) atoms. The van der Waals surface area contributed by atoms with Gasteiger partial charge >= 0.3 is 17.8 Å². The van der Waals surface area contributed by atoms with Gasteiger partial charge in [0.05, 0.1) is 4.92 Å². The largest absolute Gasteiger partial charge is 0.443 e. The number of nitriles is 1. The third kappa shape index (κ3) is 4.17. The summed E-state index contributed by atoms with van der Waals surface area (Å²) in [6.45, 7) is 11.8. The minimum atomic E-state index is -1.56. The highest BCUT2D eigenvalue weighted by Gasteiger charge is 2.34. The summed E-state index contributed by atoms with van der Waals surface area (Å²) >= 11 is 0. The number of ether oxygens (including phenoxy) is 1. The molecule has 8 nitrogen and oxygen atoms in total.